The highest BCUT2D eigenvalue weighted by molar-refractivity contribution is 9.10. The summed E-state index contributed by atoms with van der Waals surface area (Å²) >= 11 is 3.25. The fourth-order valence-electron chi connectivity index (χ4n) is 1.46. The predicted octanol–water partition coefficient (Wildman–Crippen LogP) is 0.00580. The second-order valence-corrected chi connectivity index (χ2v) is 3.89. The number of fused-ring (bicyclic) bond motifs is 1. The maximum atomic E-state index is 11.6. The standard InChI is InChI=1S/C8H9BrN4O2/c9-6-4(3(10)1-14)5-7(13-6)11-2-12-8(5)15/h2-3,14H,1,10H2,(H2,11,12,13,15). The normalized spacial score (nSPS) is 13.3. The predicted molar refractivity (Wildman–Crippen MR) is 58.4 cm³/mol. The van der Waals surface area contributed by atoms with Crippen LogP contribution in [0.1, 0.15) is 11.6 Å². The van der Waals surface area contributed by atoms with Crippen LogP contribution in [-0.4, -0.2) is 26.7 Å². The lowest BCUT2D eigenvalue weighted by molar-refractivity contribution is 0.268. The lowest BCUT2D eigenvalue weighted by Gasteiger charge is -2.06. The quantitative estimate of drug-likeness (QED) is 0.618. The van der Waals surface area contributed by atoms with E-state index in [2.05, 4.69) is 30.9 Å². The SMILES string of the molecule is NC(CO)c1c(Br)[nH]c2nc[nH]c(=O)c12. The lowest BCUT2D eigenvalue weighted by Crippen LogP contribution is -2.17. The topological polar surface area (TPSA) is 108 Å². The van der Waals surface area contributed by atoms with E-state index in [1.54, 1.807) is 0 Å². The zero-order valence-corrected chi connectivity index (χ0v) is 9.21. The van der Waals surface area contributed by atoms with Crippen LogP contribution in [0.3, 0.4) is 0 Å². The molecule has 2 heterocycles. The van der Waals surface area contributed by atoms with Crippen molar-refractivity contribution in [3.8, 4) is 0 Å². The van der Waals surface area contributed by atoms with Crippen LogP contribution < -0.4 is 11.3 Å². The first-order valence-corrected chi connectivity index (χ1v) is 5.05. The van der Waals surface area contributed by atoms with Gasteiger partial charge in [-0.3, -0.25) is 4.79 Å². The molecule has 0 aliphatic heterocycles. The Kier molecular flexibility index (Phi) is 2.59. The van der Waals surface area contributed by atoms with Crippen LogP contribution in [0.15, 0.2) is 15.7 Å². The van der Waals surface area contributed by atoms with Crippen LogP contribution in [0.5, 0.6) is 0 Å². The van der Waals surface area contributed by atoms with E-state index in [4.69, 9.17) is 10.8 Å². The Balaban J connectivity index is 2.82. The van der Waals surface area contributed by atoms with Crippen molar-refractivity contribution in [2.24, 2.45) is 5.73 Å². The van der Waals surface area contributed by atoms with Crippen molar-refractivity contribution >= 4 is 27.0 Å². The monoisotopic (exact) mass is 272 g/mol. The number of halogens is 1. The molecule has 0 spiro atoms. The number of aliphatic hydroxyl groups is 1. The Morgan fingerprint density at radius 3 is 3.07 bits per heavy atom. The molecule has 6 nitrogen and oxygen atoms in total. The van der Waals surface area contributed by atoms with Crippen molar-refractivity contribution in [2.45, 2.75) is 6.04 Å². The van der Waals surface area contributed by atoms with Crippen molar-refractivity contribution < 1.29 is 5.11 Å². The van der Waals surface area contributed by atoms with Crippen molar-refractivity contribution in [1.82, 2.24) is 15.0 Å². The van der Waals surface area contributed by atoms with Gasteiger partial charge >= 0.3 is 0 Å². The van der Waals surface area contributed by atoms with E-state index in [0.717, 1.165) is 0 Å². The lowest BCUT2D eigenvalue weighted by atomic mass is 10.1. The number of aromatic amines is 2. The van der Waals surface area contributed by atoms with Crippen LogP contribution >= 0.6 is 15.9 Å². The van der Waals surface area contributed by atoms with Gasteiger partial charge < -0.3 is 20.8 Å². The minimum atomic E-state index is -0.613. The summed E-state index contributed by atoms with van der Waals surface area (Å²) in [6.45, 7) is -0.236. The molecule has 0 aromatic carbocycles. The van der Waals surface area contributed by atoms with E-state index < -0.39 is 6.04 Å². The van der Waals surface area contributed by atoms with E-state index in [-0.39, 0.29) is 12.2 Å². The number of nitrogens with zero attached hydrogens (tertiary/aromatic N) is 1. The average molecular weight is 273 g/mol. The Hall–Kier alpha value is -1.18. The average Bonchev–Trinajstić information content (AvgIpc) is 2.55. The van der Waals surface area contributed by atoms with Gasteiger partial charge in [0.25, 0.3) is 5.56 Å². The Labute approximate surface area is 92.7 Å². The van der Waals surface area contributed by atoms with E-state index in [0.29, 0.717) is 21.2 Å². The smallest absolute Gasteiger partial charge is 0.260 e. The molecule has 0 radical (unpaired) electrons. The molecule has 7 heteroatoms. The highest BCUT2D eigenvalue weighted by Gasteiger charge is 2.18. The third kappa shape index (κ3) is 1.58. The first-order valence-electron chi connectivity index (χ1n) is 4.26. The Morgan fingerprint density at radius 2 is 2.40 bits per heavy atom. The first-order chi connectivity index (χ1) is 7.15. The molecule has 2 aromatic rings. The highest BCUT2D eigenvalue weighted by Crippen LogP contribution is 2.26. The maximum Gasteiger partial charge on any atom is 0.260 e. The summed E-state index contributed by atoms with van der Waals surface area (Å²) in [6.07, 6.45) is 1.31. The molecule has 0 saturated heterocycles. The molecule has 0 saturated carbocycles. The van der Waals surface area contributed by atoms with Gasteiger partial charge in [0.2, 0.25) is 0 Å². The summed E-state index contributed by atoms with van der Waals surface area (Å²) in [4.78, 5) is 20.9. The summed E-state index contributed by atoms with van der Waals surface area (Å²) in [5.74, 6) is 0. The van der Waals surface area contributed by atoms with Gasteiger partial charge in [-0.15, -0.1) is 0 Å². The second-order valence-electron chi connectivity index (χ2n) is 3.10. The molecular formula is C8H9BrN4O2. The molecule has 2 aromatic heterocycles. The van der Waals surface area contributed by atoms with E-state index in [1.807, 2.05) is 0 Å². The number of H-pyrrole nitrogens is 2. The van der Waals surface area contributed by atoms with Crippen LogP contribution in [0.25, 0.3) is 11.0 Å². The molecule has 0 amide bonds. The molecule has 15 heavy (non-hydrogen) atoms. The van der Waals surface area contributed by atoms with E-state index in [1.165, 1.54) is 6.33 Å². The van der Waals surface area contributed by atoms with Gasteiger partial charge in [-0.05, 0) is 15.9 Å². The summed E-state index contributed by atoms with van der Waals surface area (Å²) in [6, 6.07) is -0.613. The third-order valence-corrected chi connectivity index (χ3v) is 2.78. The largest absolute Gasteiger partial charge is 0.394 e. The van der Waals surface area contributed by atoms with Crippen molar-refractivity contribution in [2.75, 3.05) is 6.61 Å². The van der Waals surface area contributed by atoms with E-state index in [9.17, 15) is 4.79 Å². The Morgan fingerprint density at radius 1 is 1.67 bits per heavy atom. The fourth-order valence-corrected chi connectivity index (χ4v) is 2.14. The molecule has 1 atom stereocenters. The molecule has 0 fully saturated rings. The summed E-state index contributed by atoms with van der Waals surface area (Å²) < 4.78 is 0.572. The summed E-state index contributed by atoms with van der Waals surface area (Å²) in [5.41, 5.74) is 6.41. The van der Waals surface area contributed by atoms with Crippen molar-refractivity contribution in [3.05, 3.63) is 26.8 Å². The molecule has 1 unspecified atom stereocenters. The number of rotatable bonds is 2. The van der Waals surface area contributed by atoms with E-state index >= 15 is 0 Å². The van der Waals surface area contributed by atoms with Gasteiger partial charge in [0, 0.05) is 5.56 Å². The third-order valence-electron chi connectivity index (χ3n) is 2.15. The first kappa shape index (κ1) is 10.3. The number of nitrogens with one attached hydrogen (secondary N) is 2. The van der Waals surface area contributed by atoms with Gasteiger partial charge in [-0.25, -0.2) is 4.98 Å². The van der Waals surface area contributed by atoms with Gasteiger partial charge in [0.1, 0.15) is 5.65 Å². The van der Waals surface area contributed by atoms with Gasteiger partial charge in [0.05, 0.1) is 29.0 Å². The zero-order valence-electron chi connectivity index (χ0n) is 7.62. The van der Waals surface area contributed by atoms with Crippen LogP contribution in [0.4, 0.5) is 0 Å². The fraction of sp³-hybridized carbons (Fsp3) is 0.250. The number of hydrogen-bond acceptors (Lipinski definition) is 4. The molecule has 2 rings (SSSR count). The number of aromatic nitrogens is 3. The molecular weight excluding hydrogens is 264 g/mol. The van der Waals surface area contributed by atoms with Crippen molar-refractivity contribution in [3.63, 3.8) is 0 Å². The molecule has 0 aliphatic carbocycles. The minimum absolute atomic E-state index is 0.236. The maximum absolute atomic E-state index is 11.6. The number of aliphatic hydroxyl groups excluding tert-OH is 1. The van der Waals surface area contributed by atoms with Gasteiger partial charge in [-0.2, -0.15) is 0 Å². The molecule has 80 valence electrons. The summed E-state index contributed by atoms with van der Waals surface area (Å²) in [7, 11) is 0. The minimum Gasteiger partial charge on any atom is -0.394 e. The second kappa shape index (κ2) is 3.76. The molecule has 5 N–H and O–H groups in total. The van der Waals surface area contributed by atoms with Crippen LogP contribution in [0, 0.1) is 0 Å². The Bertz CT molecular complexity index is 547. The highest BCUT2D eigenvalue weighted by atomic mass is 79.9. The molecule has 0 bridgehead atoms. The number of hydrogen-bond donors (Lipinski definition) is 4. The molecule has 0 aliphatic rings. The van der Waals surface area contributed by atoms with Gasteiger partial charge in [-0.1, -0.05) is 0 Å². The van der Waals surface area contributed by atoms with Crippen LogP contribution in [-0.2, 0) is 0 Å². The number of nitrogens with two attached hydrogens (primary N) is 1. The zero-order chi connectivity index (χ0) is 11.0. The van der Waals surface area contributed by atoms with Crippen molar-refractivity contribution in [1.29, 1.82) is 0 Å². The summed E-state index contributed by atoms with van der Waals surface area (Å²) in [5, 5.41) is 9.37. The van der Waals surface area contributed by atoms with Crippen LogP contribution in [0.2, 0.25) is 0 Å². The van der Waals surface area contributed by atoms with Gasteiger partial charge in [0.15, 0.2) is 0 Å².